The molecule has 1 aliphatic heterocycles. The highest BCUT2D eigenvalue weighted by Crippen LogP contribution is 2.45. The number of ether oxygens (including phenoxy) is 3. The van der Waals surface area contributed by atoms with Crippen LogP contribution in [0, 0.1) is 0 Å². The Labute approximate surface area is 158 Å². The Morgan fingerprint density at radius 1 is 1.18 bits per heavy atom. The Hall–Kier alpha value is -2.97. The number of alkyl halides is 3. The van der Waals surface area contributed by atoms with Crippen molar-refractivity contribution >= 4 is 5.97 Å². The van der Waals surface area contributed by atoms with Gasteiger partial charge in [0.2, 0.25) is 0 Å². The van der Waals surface area contributed by atoms with Crippen molar-refractivity contribution in [3.05, 3.63) is 45.7 Å². The molecule has 1 aromatic heterocycles. The third-order valence-electron chi connectivity index (χ3n) is 4.59. The largest absolute Gasteiger partial charge is 0.493 e. The first-order valence-corrected chi connectivity index (χ1v) is 8.46. The molecule has 28 heavy (non-hydrogen) atoms. The van der Waals surface area contributed by atoms with Crippen molar-refractivity contribution in [2.24, 2.45) is 0 Å². The molecule has 0 saturated heterocycles. The van der Waals surface area contributed by atoms with Crippen molar-refractivity contribution in [3.63, 3.8) is 0 Å². The highest BCUT2D eigenvalue weighted by Gasteiger charge is 2.44. The fourth-order valence-corrected chi connectivity index (χ4v) is 3.29. The fourth-order valence-electron chi connectivity index (χ4n) is 3.29. The number of carbonyl (C=O) groups is 1. The van der Waals surface area contributed by atoms with Crippen molar-refractivity contribution in [2.45, 2.75) is 25.6 Å². The van der Waals surface area contributed by atoms with Gasteiger partial charge in [0.05, 0.1) is 26.5 Å². The number of hydrogen-bond acceptors (Lipinski definition) is 5. The number of halogens is 3. The number of pyridine rings is 1. The number of hydrogen-bond donors (Lipinski definition) is 0. The lowest BCUT2D eigenvalue weighted by molar-refractivity contribution is -0.167. The smallest absolute Gasteiger partial charge is 0.409 e. The molecule has 1 aromatic carbocycles. The monoisotopic (exact) mass is 397 g/mol. The van der Waals surface area contributed by atoms with E-state index in [2.05, 4.69) is 0 Å². The molecule has 0 spiro atoms. The molecule has 2 aromatic rings. The molecule has 0 aliphatic carbocycles. The van der Waals surface area contributed by atoms with Crippen molar-refractivity contribution in [1.29, 1.82) is 0 Å². The summed E-state index contributed by atoms with van der Waals surface area (Å²) >= 11 is 0. The molecular formula is C19H18F3NO5. The highest BCUT2D eigenvalue weighted by atomic mass is 19.4. The SMILES string of the molecule is CCOC(=O)c1cn2c(cc1=O)-c1cc(OC)c(OC)cc1CC2C(F)(F)F. The first-order valence-electron chi connectivity index (χ1n) is 8.46. The summed E-state index contributed by atoms with van der Waals surface area (Å²) in [6, 6.07) is 2.08. The Bertz CT molecular complexity index is 981. The van der Waals surface area contributed by atoms with E-state index in [-0.39, 0.29) is 18.7 Å². The van der Waals surface area contributed by atoms with Gasteiger partial charge in [-0.2, -0.15) is 13.2 Å². The normalized spacial score (nSPS) is 15.4. The van der Waals surface area contributed by atoms with Crippen LogP contribution >= 0.6 is 0 Å². The summed E-state index contributed by atoms with van der Waals surface area (Å²) in [5, 5.41) is 0. The van der Waals surface area contributed by atoms with E-state index >= 15 is 0 Å². The second-order valence-electron chi connectivity index (χ2n) is 6.19. The number of esters is 1. The Balaban J connectivity index is 2.28. The summed E-state index contributed by atoms with van der Waals surface area (Å²) < 4.78 is 57.4. The number of fused-ring (bicyclic) bond motifs is 3. The van der Waals surface area contributed by atoms with Crippen LogP contribution in [-0.4, -0.2) is 37.5 Å². The summed E-state index contributed by atoms with van der Waals surface area (Å²) in [6.45, 7) is 1.55. The van der Waals surface area contributed by atoms with E-state index in [0.29, 0.717) is 22.6 Å². The number of nitrogens with zero attached hydrogens (tertiary/aromatic N) is 1. The lowest BCUT2D eigenvalue weighted by atomic mass is 9.91. The average Bonchev–Trinajstić information content (AvgIpc) is 2.65. The van der Waals surface area contributed by atoms with Gasteiger partial charge in [0.1, 0.15) is 11.6 Å². The first-order chi connectivity index (χ1) is 13.2. The molecule has 1 atom stereocenters. The van der Waals surface area contributed by atoms with Gasteiger partial charge in [0.25, 0.3) is 0 Å². The molecular weight excluding hydrogens is 379 g/mol. The minimum atomic E-state index is -4.60. The van der Waals surface area contributed by atoms with Crippen LogP contribution in [-0.2, 0) is 11.2 Å². The van der Waals surface area contributed by atoms with Crippen molar-refractivity contribution in [1.82, 2.24) is 4.57 Å². The minimum Gasteiger partial charge on any atom is -0.493 e. The molecule has 1 aliphatic rings. The number of benzene rings is 1. The number of rotatable bonds is 4. The summed E-state index contributed by atoms with van der Waals surface area (Å²) in [4.78, 5) is 24.4. The molecule has 0 N–H and O–H groups in total. The second kappa shape index (κ2) is 7.21. The van der Waals surface area contributed by atoms with Gasteiger partial charge in [-0.1, -0.05) is 0 Å². The third-order valence-corrected chi connectivity index (χ3v) is 4.59. The maximum Gasteiger partial charge on any atom is 0.409 e. The molecule has 0 fully saturated rings. The van der Waals surface area contributed by atoms with E-state index < -0.39 is 29.2 Å². The quantitative estimate of drug-likeness (QED) is 0.740. The van der Waals surface area contributed by atoms with Crippen LogP contribution in [0.2, 0.25) is 0 Å². The predicted octanol–water partition coefficient (Wildman–Crippen LogP) is 3.37. The van der Waals surface area contributed by atoms with Gasteiger partial charge in [-0.15, -0.1) is 0 Å². The van der Waals surface area contributed by atoms with Gasteiger partial charge < -0.3 is 18.8 Å². The molecule has 9 heteroatoms. The zero-order valence-electron chi connectivity index (χ0n) is 15.4. The molecule has 150 valence electrons. The lowest BCUT2D eigenvalue weighted by Gasteiger charge is -2.32. The number of methoxy groups -OCH3 is 2. The Morgan fingerprint density at radius 3 is 2.39 bits per heavy atom. The summed E-state index contributed by atoms with van der Waals surface area (Å²) in [7, 11) is 2.79. The van der Waals surface area contributed by atoms with Gasteiger partial charge in [-0.05, 0) is 24.6 Å². The van der Waals surface area contributed by atoms with Crippen LogP contribution in [0.5, 0.6) is 11.5 Å². The molecule has 0 bridgehead atoms. The lowest BCUT2D eigenvalue weighted by Crippen LogP contribution is -2.34. The molecule has 0 radical (unpaired) electrons. The maximum absolute atomic E-state index is 13.8. The van der Waals surface area contributed by atoms with Crippen LogP contribution in [0.15, 0.2) is 29.2 Å². The van der Waals surface area contributed by atoms with Crippen molar-refractivity contribution < 1.29 is 32.2 Å². The van der Waals surface area contributed by atoms with Crippen LogP contribution < -0.4 is 14.9 Å². The van der Waals surface area contributed by atoms with Crippen LogP contribution in [0.3, 0.4) is 0 Å². The van der Waals surface area contributed by atoms with Gasteiger partial charge in [0.15, 0.2) is 16.9 Å². The molecule has 0 saturated carbocycles. The molecule has 0 amide bonds. The molecule has 3 rings (SSSR count). The highest BCUT2D eigenvalue weighted by molar-refractivity contribution is 5.89. The number of aromatic nitrogens is 1. The fraction of sp³-hybridized carbons (Fsp3) is 0.368. The second-order valence-corrected chi connectivity index (χ2v) is 6.19. The number of carbonyl (C=O) groups excluding carboxylic acids is 1. The maximum atomic E-state index is 13.8. The van der Waals surface area contributed by atoms with Gasteiger partial charge >= 0.3 is 12.1 Å². The first kappa shape index (κ1) is 19.8. The average molecular weight is 397 g/mol. The van der Waals surface area contributed by atoms with Gasteiger partial charge in [0, 0.05) is 24.2 Å². The zero-order chi connectivity index (χ0) is 20.6. The molecule has 6 nitrogen and oxygen atoms in total. The van der Waals surface area contributed by atoms with Crippen molar-refractivity contribution in [2.75, 3.05) is 20.8 Å². The van der Waals surface area contributed by atoms with E-state index in [1.165, 1.54) is 26.4 Å². The van der Waals surface area contributed by atoms with E-state index in [1.807, 2.05) is 0 Å². The van der Waals surface area contributed by atoms with Crippen LogP contribution in [0.25, 0.3) is 11.3 Å². The third kappa shape index (κ3) is 3.32. The van der Waals surface area contributed by atoms with E-state index in [1.54, 1.807) is 6.92 Å². The van der Waals surface area contributed by atoms with E-state index in [9.17, 15) is 22.8 Å². The summed E-state index contributed by atoms with van der Waals surface area (Å²) in [5.41, 5.74) is -0.339. The Morgan fingerprint density at radius 2 is 1.82 bits per heavy atom. The topological polar surface area (TPSA) is 66.8 Å². The van der Waals surface area contributed by atoms with Crippen LogP contribution in [0.4, 0.5) is 13.2 Å². The molecule has 1 unspecified atom stereocenters. The summed E-state index contributed by atoms with van der Waals surface area (Å²) in [5.74, 6) is -0.344. The minimum absolute atomic E-state index is 0.00253. The van der Waals surface area contributed by atoms with Gasteiger partial charge in [-0.3, -0.25) is 4.79 Å². The van der Waals surface area contributed by atoms with Crippen molar-refractivity contribution in [3.8, 4) is 22.8 Å². The van der Waals surface area contributed by atoms with E-state index in [4.69, 9.17) is 14.2 Å². The van der Waals surface area contributed by atoms with Gasteiger partial charge in [-0.25, -0.2) is 4.79 Å². The zero-order valence-corrected chi connectivity index (χ0v) is 15.4. The predicted molar refractivity (Wildman–Crippen MR) is 94.0 cm³/mol. The van der Waals surface area contributed by atoms with Crippen LogP contribution in [0.1, 0.15) is 28.9 Å². The Kier molecular flexibility index (Phi) is 5.10. The standard InChI is InChI=1S/C19H18F3NO5/c1-4-28-18(25)12-9-23-13(8-14(12)24)11-7-16(27-3)15(26-2)5-10(11)6-17(23)19(20,21)22/h5,7-9,17H,4,6H2,1-3H3. The van der Waals surface area contributed by atoms with E-state index in [0.717, 1.165) is 16.8 Å². The molecule has 2 heterocycles. The summed E-state index contributed by atoms with van der Waals surface area (Å²) in [6.07, 6.45) is -4.05.